The van der Waals surface area contributed by atoms with Crippen LogP contribution in [0.15, 0.2) is 59.2 Å². The number of fused-ring (bicyclic) bond motifs is 1. The molecule has 0 fully saturated rings. The van der Waals surface area contributed by atoms with Gasteiger partial charge in [-0.2, -0.15) is 0 Å². The van der Waals surface area contributed by atoms with Gasteiger partial charge in [0.15, 0.2) is 17.3 Å². The van der Waals surface area contributed by atoms with E-state index in [0.29, 0.717) is 75.5 Å². The average Bonchev–Trinajstić information content (AvgIpc) is 2.90. The number of hydrogen-bond acceptors (Lipinski definition) is 7. The maximum Gasteiger partial charge on any atom is 0.184 e. The summed E-state index contributed by atoms with van der Waals surface area (Å²) in [6, 6.07) is 9.78. The standard InChI is InChI=1S/C31H36O7/c1-20-15-25(16-21(2)30(20)32)29(26-17-22(3)31(33)23(4)18-26)24-5-6-27-28(19-24)38-14-12-36-10-8-34-7-9-35-11-13-37-27/h5-6,15-19,32H,7-14H2,1-4H3. The molecule has 2 aromatic rings. The summed E-state index contributed by atoms with van der Waals surface area (Å²) in [5, 5.41) is 10.4. The van der Waals surface area contributed by atoms with Crippen molar-refractivity contribution < 1.29 is 33.6 Å². The van der Waals surface area contributed by atoms with Gasteiger partial charge < -0.3 is 28.8 Å². The predicted octanol–water partition coefficient (Wildman–Crippen LogP) is 5.11. The number of benzene rings is 2. The number of aromatic hydroxyl groups is 1. The van der Waals surface area contributed by atoms with E-state index in [4.69, 9.17) is 23.7 Å². The largest absolute Gasteiger partial charge is 0.507 e. The lowest BCUT2D eigenvalue weighted by Crippen LogP contribution is -2.13. The van der Waals surface area contributed by atoms with Crippen molar-refractivity contribution in [1.82, 2.24) is 0 Å². The minimum Gasteiger partial charge on any atom is -0.507 e. The maximum absolute atomic E-state index is 12.5. The molecule has 1 N–H and O–H groups in total. The first-order valence-corrected chi connectivity index (χ1v) is 12.9. The van der Waals surface area contributed by atoms with Gasteiger partial charge in [-0.3, -0.25) is 4.79 Å². The van der Waals surface area contributed by atoms with Crippen LogP contribution in [-0.2, 0) is 19.0 Å². The van der Waals surface area contributed by atoms with Crippen LogP contribution in [0, 0.1) is 13.8 Å². The number of phenols is 1. The molecule has 0 atom stereocenters. The summed E-state index contributed by atoms with van der Waals surface area (Å²) in [6.07, 6.45) is 3.84. The molecule has 0 aromatic heterocycles. The van der Waals surface area contributed by atoms with E-state index in [1.54, 1.807) is 0 Å². The summed E-state index contributed by atoms with van der Waals surface area (Å²) < 4.78 is 28.8. The molecule has 1 aliphatic heterocycles. The Morgan fingerprint density at radius 1 is 0.658 bits per heavy atom. The summed E-state index contributed by atoms with van der Waals surface area (Å²) in [4.78, 5) is 12.5. The quantitative estimate of drug-likeness (QED) is 0.589. The van der Waals surface area contributed by atoms with Crippen molar-refractivity contribution in [1.29, 1.82) is 0 Å². The molecule has 0 saturated carbocycles. The van der Waals surface area contributed by atoms with E-state index in [1.165, 1.54) is 0 Å². The number of allylic oxidation sites excluding steroid dienone is 5. The van der Waals surface area contributed by atoms with Crippen molar-refractivity contribution in [2.45, 2.75) is 27.7 Å². The molecular weight excluding hydrogens is 484 g/mol. The normalized spacial score (nSPS) is 17.7. The fraction of sp³-hybridized carbons (Fsp3) is 0.387. The summed E-state index contributed by atoms with van der Waals surface area (Å²) in [5.41, 5.74) is 6.60. The number of ether oxygens (including phenoxy) is 5. The second kappa shape index (κ2) is 12.9. The van der Waals surface area contributed by atoms with Crippen LogP contribution in [0.5, 0.6) is 17.2 Å². The summed E-state index contributed by atoms with van der Waals surface area (Å²) in [7, 11) is 0. The van der Waals surface area contributed by atoms with Crippen molar-refractivity contribution in [3.05, 3.63) is 81.5 Å². The Morgan fingerprint density at radius 3 is 1.71 bits per heavy atom. The highest BCUT2D eigenvalue weighted by Crippen LogP contribution is 2.38. The highest BCUT2D eigenvalue weighted by Gasteiger charge is 2.20. The number of phenolic OH excluding ortho intramolecular Hbond substituents is 1. The topological polar surface area (TPSA) is 83.5 Å². The zero-order valence-electron chi connectivity index (χ0n) is 22.6. The monoisotopic (exact) mass is 520 g/mol. The highest BCUT2D eigenvalue weighted by molar-refractivity contribution is 6.10. The zero-order valence-corrected chi connectivity index (χ0v) is 22.6. The Kier molecular flexibility index (Phi) is 9.39. The van der Waals surface area contributed by atoms with Crippen LogP contribution in [0.1, 0.15) is 36.1 Å². The number of carbonyl (C=O) groups excluding carboxylic acids is 1. The summed E-state index contributed by atoms with van der Waals surface area (Å²) >= 11 is 0. The molecule has 0 spiro atoms. The van der Waals surface area contributed by atoms with Gasteiger partial charge in [0.05, 0.1) is 39.6 Å². The summed E-state index contributed by atoms with van der Waals surface area (Å²) in [5.74, 6) is 1.52. The minimum absolute atomic E-state index is 0.0375. The lowest BCUT2D eigenvalue weighted by Gasteiger charge is -2.20. The van der Waals surface area contributed by atoms with Crippen molar-refractivity contribution in [3.63, 3.8) is 0 Å². The average molecular weight is 521 g/mol. The zero-order chi connectivity index (χ0) is 27.1. The van der Waals surface area contributed by atoms with Crippen molar-refractivity contribution in [2.24, 2.45) is 0 Å². The first kappa shape index (κ1) is 27.6. The van der Waals surface area contributed by atoms with Gasteiger partial charge >= 0.3 is 0 Å². The van der Waals surface area contributed by atoms with Crippen LogP contribution in [0.4, 0.5) is 0 Å². The van der Waals surface area contributed by atoms with Crippen LogP contribution in [0.25, 0.3) is 5.57 Å². The van der Waals surface area contributed by atoms with Crippen LogP contribution < -0.4 is 9.47 Å². The number of ketones is 1. The summed E-state index contributed by atoms with van der Waals surface area (Å²) in [6.45, 7) is 11.0. The minimum atomic E-state index is 0.0375. The van der Waals surface area contributed by atoms with E-state index in [2.05, 4.69) is 0 Å². The molecule has 2 aliphatic rings. The van der Waals surface area contributed by atoms with Crippen molar-refractivity contribution >= 4 is 11.4 Å². The van der Waals surface area contributed by atoms with Crippen molar-refractivity contribution in [3.8, 4) is 17.2 Å². The number of carbonyl (C=O) groups is 1. The Hall–Kier alpha value is -3.39. The molecule has 0 saturated heterocycles. The molecular formula is C31H36O7. The van der Waals surface area contributed by atoms with Gasteiger partial charge in [0.1, 0.15) is 19.0 Å². The van der Waals surface area contributed by atoms with Gasteiger partial charge in [-0.25, -0.2) is 0 Å². The van der Waals surface area contributed by atoms with E-state index in [-0.39, 0.29) is 11.5 Å². The van der Waals surface area contributed by atoms with Crippen LogP contribution >= 0.6 is 0 Å². The predicted molar refractivity (Wildman–Crippen MR) is 146 cm³/mol. The SMILES string of the molecule is CC1=CC(=C(c2cc(C)c(O)c(C)c2)c2ccc3c(c2)OCCOCCOCCOCCO3)C=C(C)C1=O. The van der Waals surface area contributed by atoms with E-state index >= 15 is 0 Å². The first-order valence-electron chi connectivity index (χ1n) is 12.9. The van der Waals surface area contributed by atoms with E-state index < -0.39 is 0 Å². The molecule has 0 bridgehead atoms. The Morgan fingerprint density at radius 2 is 1.16 bits per heavy atom. The molecule has 4 rings (SSSR count). The lowest BCUT2D eigenvalue weighted by atomic mass is 9.86. The molecule has 38 heavy (non-hydrogen) atoms. The van der Waals surface area contributed by atoms with Crippen LogP contribution in [0.2, 0.25) is 0 Å². The third-order valence-corrected chi connectivity index (χ3v) is 6.48. The number of aryl methyl sites for hydroxylation is 2. The smallest absolute Gasteiger partial charge is 0.184 e. The molecule has 1 aliphatic carbocycles. The van der Waals surface area contributed by atoms with Crippen LogP contribution in [0.3, 0.4) is 0 Å². The van der Waals surface area contributed by atoms with E-state index in [1.807, 2.05) is 70.2 Å². The second-order valence-electron chi connectivity index (χ2n) is 9.47. The number of rotatable bonds is 2. The van der Waals surface area contributed by atoms with Gasteiger partial charge in [-0.1, -0.05) is 6.07 Å². The maximum atomic E-state index is 12.5. The van der Waals surface area contributed by atoms with E-state index in [0.717, 1.165) is 33.4 Å². The fourth-order valence-corrected chi connectivity index (χ4v) is 4.55. The number of hydrogen-bond donors (Lipinski definition) is 1. The molecule has 7 nitrogen and oxygen atoms in total. The van der Waals surface area contributed by atoms with Gasteiger partial charge in [0.2, 0.25) is 0 Å². The Labute approximate surface area is 224 Å². The third kappa shape index (κ3) is 6.72. The lowest BCUT2D eigenvalue weighted by molar-refractivity contribution is -0.112. The van der Waals surface area contributed by atoms with Gasteiger partial charge in [-0.05, 0) is 109 Å². The van der Waals surface area contributed by atoms with Crippen LogP contribution in [-0.4, -0.2) is 63.7 Å². The Bertz CT molecular complexity index is 1220. The van der Waals surface area contributed by atoms with Gasteiger partial charge in [0.25, 0.3) is 0 Å². The molecule has 2 aromatic carbocycles. The molecule has 1 heterocycles. The molecule has 0 radical (unpaired) electrons. The molecule has 202 valence electrons. The Balaban J connectivity index is 1.79. The fourth-order valence-electron chi connectivity index (χ4n) is 4.55. The third-order valence-electron chi connectivity index (χ3n) is 6.48. The van der Waals surface area contributed by atoms with Gasteiger partial charge in [-0.15, -0.1) is 0 Å². The highest BCUT2D eigenvalue weighted by atomic mass is 16.6. The molecule has 0 unspecified atom stereocenters. The van der Waals surface area contributed by atoms with E-state index in [9.17, 15) is 9.90 Å². The first-order chi connectivity index (χ1) is 18.3. The molecule has 0 amide bonds. The molecule has 7 heteroatoms. The second-order valence-corrected chi connectivity index (χ2v) is 9.47. The van der Waals surface area contributed by atoms with Gasteiger partial charge in [0, 0.05) is 0 Å². The van der Waals surface area contributed by atoms with Crippen molar-refractivity contribution in [2.75, 3.05) is 52.9 Å². The number of Topliss-reactive ketones (excluding diaryl/α,β-unsaturated/α-hetero) is 1.